The van der Waals surface area contributed by atoms with Crippen LogP contribution in [0.2, 0.25) is 0 Å². The summed E-state index contributed by atoms with van der Waals surface area (Å²) in [5, 5.41) is 5.76. The maximum absolute atomic E-state index is 12.6. The Morgan fingerprint density at radius 1 is 0.900 bits per heavy atom. The topological polar surface area (TPSA) is 67.4 Å². The molecule has 1 atom stereocenters. The van der Waals surface area contributed by atoms with E-state index in [1.54, 1.807) is 24.3 Å². The van der Waals surface area contributed by atoms with Crippen molar-refractivity contribution in [3.63, 3.8) is 0 Å². The lowest BCUT2D eigenvalue weighted by Crippen LogP contribution is -2.31. The number of hydrogen-bond acceptors (Lipinski definition) is 3. The Kier molecular flexibility index (Phi) is 7.22. The molecule has 3 rings (SSSR count). The molecule has 2 amide bonds. The van der Waals surface area contributed by atoms with E-state index >= 15 is 0 Å². The third-order valence-corrected chi connectivity index (χ3v) is 4.79. The molecule has 0 aliphatic heterocycles. The van der Waals surface area contributed by atoms with Crippen molar-refractivity contribution >= 4 is 17.5 Å². The zero-order chi connectivity index (χ0) is 21.3. The summed E-state index contributed by atoms with van der Waals surface area (Å²) in [6.07, 6.45) is 0.978. The minimum atomic E-state index is -0.290. The van der Waals surface area contributed by atoms with E-state index in [-0.39, 0.29) is 24.5 Å². The van der Waals surface area contributed by atoms with Crippen molar-refractivity contribution in [1.29, 1.82) is 0 Å². The first-order valence-electron chi connectivity index (χ1n) is 10.0. The second kappa shape index (κ2) is 10.3. The Morgan fingerprint density at radius 2 is 1.57 bits per heavy atom. The molecule has 2 N–H and O–H groups in total. The summed E-state index contributed by atoms with van der Waals surface area (Å²) in [7, 11) is 0. The molecule has 5 heteroatoms. The van der Waals surface area contributed by atoms with Gasteiger partial charge in [0, 0.05) is 5.69 Å². The zero-order valence-corrected chi connectivity index (χ0v) is 17.2. The van der Waals surface area contributed by atoms with Gasteiger partial charge in [0.15, 0.2) is 6.61 Å². The molecule has 3 aromatic carbocycles. The fraction of sp³-hybridized carbons (Fsp3) is 0.200. The molecule has 30 heavy (non-hydrogen) atoms. The lowest BCUT2D eigenvalue weighted by Gasteiger charge is -2.16. The van der Waals surface area contributed by atoms with Crippen LogP contribution >= 0.6 is 0 Å². The van der Waals surface area contributed by atoms with Gasteiger partial charge >= 0.3 is 0 Å². The number of hydrogen-bond donors (Lipinski definition) is 2. The SMILES string of the molecule is CCc1ccc(C(C)NC(=O)COc2ccccc2C(=O)Nc2ccccc2)cc1. The zero-order valence-electron chi connectivity index (χ0n) is 17.2. The maximum Gasteiger partial charge on any atom is 0.259 e. The monoisotopic (exact) mass is 402 g/mol. The van der Waals surface area contributed by atoms with Gasteiger partial charge in [-0.2, -0.15) is 0 Å². The van der Waals surface area contributed by atoms with E-state index in [2.05, 4.69) is 29.7 Å². The minimum absolute atomic E-state index is 0.136. The Morgan fingerprint density at radius 3 is 2.27 bits per heavy atom. The Balaban J connectivity index is 1.58. The van der Waals surface area contributed by atoms with Crippen LogP contribution in [0.5, 0.6) is 5.75 Å². The average molecular weight is 402 g/mol. The van der Waals surface area contributed by atoms with E-state index < -0.39 is 0 Å². The third-order valence-electron chi connectivity index (χ3n) is 4.79. The highest BCUT2D eigenvalue weighted by atomic mass is 16.5. The number of para-hydroxylation sites is 2. The van der Waals surface area contributed by atoms with Crippen LogP contribution < -0.4 is 15.4 Å². The number of carbonyl (C=O) groups is 2. The number of benzene rings is 3. The normalized spacial score (nSPS) is 11.4. The van der Waals surface area contributed by atoms with E-state index in [0.29, 0.717) is 17.0 Å². The van der Waals surface area contributed by atoms with Crippen LogP contribution in [0, 0.1) is 0 Å². The molecule has 0 saturated carbocycles. The number of amides is 2. The van der Waals surface area contributed by atoms with Crippen molar-refractivity contribution in [3.8, 4) is 5.75 Å². The molecule has 1 unspecified atom stereocenters. The number of anilines is 1. The molecule has 0 aliphatic carbocycles. The highest BCUT2D eigenvalue weighted by Crippen LogP contribution is 2.20. The quantitative estimate of drug-likeness (QED) is 0.571. The second-order valence-corrected chi connectivity index (χ2v) is 6.99. The van der Waals surface area contributed by atoms with Gasteiger partial charge in [-0.1, -0.05) is 61.5 Å². The molecule has 0 aromatic heterocycles. The molecular weight excluding hydrogens is 376 g/mol. The van der Waals surface area contributed by atoms with Crippen LogP contribution in [0.3, 0.4) is 0 Å². The highest BCUT2D eigenvalue weighted by molar-refractivity contribution is 6.06. The molecule has 0 heterocycles. The van der Waals surface area contributed by atoms with E-state index in [0.717, 1.165) is 12.0 Å². The molecule has 0 spiro atoms. The van der Waals surface area contributed by atoms with Crippen molar-refractivity contribution in [2.75, 3.05) is 11.9 Å². The summed E-state index contributed by atoms with van der Waals surface area (Å²) in [4.78, 5) is 25.0. The number of carbonyl (C=O) groups excluding carboxylic acids is 2. The first-order valence-corrected chi connectivity index (χ1v) is 10.0. The summed E-state index contributed by atoms with van der Waals surface area (Å²) in [5.41, 5.74) is 3.35. The van der Waals surface area contributed by atoms with Crippen molar-refractivity contribution in [3.05, 3.63) is 95.6 Å². The summed E-state index contributed by atoms with van der Waals surface area (Å²) < 4.78 is 5.66. The Labute approximate surface area is 177 Å². The van der Waals surface area contributed by atoms with Crippen molar-refractivity contribution in [2.24, 2.45) is 0 Å². The summed E-state index contributed by atoms with van der Waals surface area (Å²) in [6, 6.07) is 24.1. The minimum Gasteiger partial charge on any atom is -0.483 e. The van der Waals surface area contributed by atoms with Gasteiger partial charge in [0.1, 0.15) is 5.75 Å². The van der Waals surface area contributed by atoms with Gasteiger partial charge in [0.25, 0.3) is 11.8 Å². The van der Waals surface area contributed by atoms with Crippen LogP contribution in [-0.4, -0.2) is 18.4 Å². The number of nitrogens with one attached hydrogen (secondary N) is 2. The molecule has 0 aliphatic rings. The van der Waals surface area contributed by atoms with E-state index in [9.17, 15) is 9.59 Å². The Hall–Kier alpha value is -3.60. The molecule has 0 saturated heterocycles. The predicted molar refractivity (Wildman–Crippen MR) is 119 cm³/mol. The van der Waals surface area contributed by atoms with Crippen molar-refractivity contribution in [2.45, 2.75) is 26.3 Å². The van der Waals surface area contributed by atoms with E-state index in [1.807, 2.05) is 49.4 Å². The van der Waals surface area contributed by atoms with Crippen molar-refractivity contribution in [1.82, 2.24) is 5.32 Å². The smallest absolute Gasteiger partial charge is 0.259 e. The fourth-order valence-corrected chi connectivity index (χ4v) is 3.05. The Bertz CT molecular complexity index is 985. The fourth-order valence-electron chi connectivity index (χ4n) is 3.05. The van der Waals surface area contributed by atoms with Gasteiger partial charge in [-0.15, -0.1) is 0 Å². The molecule has 154 valence electrons. The summed E-state index contributed by atoms with van der Waals surface area (Å²) in [5.74, 6) is -0.178. The first-order chi connectivity index (χ1) is 14.6. The van der Waals surface area contributed by atoms with Gasteiger partial charge in [0.2, 0.25) is 0 Å². The standard InChI is InChI=1S/C25H26N2O3/c1-3-19-13-15-20(16-14-19)18(2)26-24(28)17-30-23-12-8-7-11-22(23)25(29)27-21-9-5-4-6-10-21/h4-16,18H,3,17H2,1-2H3,(H,26,28)(H,27,29). The molecule has 3 aromatic rings. The summed E-state index contributed by atoms with van der Waals surface area (Å²) in [6.45, 7) is 3.86. The molecule has 0 radical (unpaired) electrons. The lowest BCUT2D eigenvalue weighted by molar-refractivity contribution is -0.123. The van der Waals surface area contributed by atoms with E-state index in [1.165, 1.54) is 5.56 Å². The lowest BCUT2D eigenvalue weighted by atomic mass is 10.1. The third kappa shape index (κ3) is 5.70. The van der Waals surface area contributed by atoms with Gasteiger partial charge in [-0.25, -0.2) is 0 Å². The first kappa shape index (κ1) is 21.1. The molecule has 0 bridgehead atoms. The van der Waals surface area contributed by atoms with E-state index in [4.69, 9.17) is 4.74 Å². The summed E-state index contributed by atoms with van der Waals surface area (Å²) >= 11 is 0. The highest BCUT2D eigenvalue weighted by Gasteiger charge is 2.15. The van der Waals surface area contributed by atoms with Crippen LogP contribution in [0.15, 0.2) is 78.9 Å². The van der Waals surface area contributed by atoms with Crippen LogP contribution in [-0.2, 0) is 11.2 Å². The number of rotatable bonds is 8. The van der Waals surface area contributed by atoms with Crippen LogP contribution in [0.1, 0.15) is 41.4 Å². The van der Waals surface area contributed by atoms with Gasteiger partial charge in [0.05, 0.1) is 11.6 Å². The largest absolute Gasteiger partial charge is 0.483 e. The predicted octanol–water partition coefficient (Wildman–Crippen LogP) is 4.76. The second-order valence-electron chi connectivity index (χ2n) is 6.99. The molecular formula is C25H26N2O3. The van der Waals surface area contributed by atoms with Crippen molar-refractivity contribution < 1.29 is 14.3 Å². The van der Waals surface area contributed by atoms with Crippen LogP contribution in [0.25, 0.3) is 0 Å². The van der Waals surface area contributed by atoms with Crippen LogP contribution in [0.4, 0.5) is 5.69 Å². The van der Waals surface area contributed by atoms with Gasteiger partial charge in [-0.05, 0) is 48.7 Å². The van der Waals surface area contributed by atoms with Gasteiger partial charge in [-0.3, -0.25) is 9.59 Å². The van der Waals surface area contributed by atoms with Gasteiger partial charge < -0.3 is 15.4 Å². The molecule has 5 nitrogen and oxygen atoms in total. The number of aryl methyl sites for hydroxylation is 1. The average Bonchev–Trinajstić information content (AvgIpc) is 2.78. The molecule has 0 fully saturated rings. The number of ether oxygens (including phenoxy) is 1. The maximum atomic E-state index is 12.6.